The Labute approximate surface area is 160 Å². The zero-order valence-electron chi connectivity index (χ0n) is 14.4. The Balaban J connectivity index is 1.79. The van der Waals surface area contributed by atoms with Crippen molar-refractivity contribution in [3.63, 3.8) is 0 Å². The maximum atomic E-state index is 13.8. The van der Waals surface area contributed by atoms with E-state index in [0.717, 1.165) is 11.0 Å². The van der Waals surface area contributed by atoms with E-state index in [9.17, 15) is 4.39 Å². The fraction of sp³-hybridized carbons (Fsp3) is 0.333. The molecular formula is C18H17ClFN7. The van der Waals surface area contributed by atoms with Gasteiger partial charge in [-0.2, -0.15) is 0 Å². The zero-order chi connectivity index (χ0) is 19.0. The predicted octanol–water partition coefficient (Wildman–Crippen LogP) is 2.95. The molecule has 3 heterocycles. The third-order valence-corrected chi connectivity index (χ3v) is 4.86. The van der Waals surface area contributed by atoms with Crippen LogP contribution < -0.4 is 10.6 Å². The van der Waals surface area contributed by atoms with Crippen molar-refractivity contribution < 1.29 is 4.39 Å². The van der Waals surface area contributed by atoms with E-state index in [1.807, 2.05) is 15.5 Å². The average molecular weight is 386 g/mol. The third-order valence-electron chi connectivity index (χ3n) is 4.67. The first-order chi connectivity index (χ1) is 13.0. The van der Waals surface area contributed by atoms with E-state index < -0.39 is 12.2 Å². The maximum absolute atomic E-state index is 13.8. The number of alkyl halides is 1. The molecule has 1 saturated heterocycles. The summed E-state index contributed by atoms with van der Waals surface area (Å²) in [6.07, 6.45) is 2.43. The lowest BCUT2D eigenvalue weighted by molar-refractivity contribution is 0.243. The molecule has 0 unspecified atom stereocenters. The summed E-state index contributed by atoms with van der Waals surface area (Å²) in [7, 11) is 0. The van der Waals surface area contributed by atoms with E-state index in [1.54, 1.807) is 12.1 Å². The normalized spacial score (nSPS) is 20.0. The molecule has 7 nitrogen and oxygen atoms in total. The Kier molecular flexibility index (Phi) is 4.64. The number of hydrogen-bond acceptors (Lipinski definition) is 5. The summed E-state index contributed by atoms with van der Waals surface area (Å²) in [6, 6.07) is 4.77. The molecule has 0 saturated carbocycles. The Morgan fingerprint density at radius 2 is 2.11 bits per heavy atom. The Bertz CT molecular complexity index is 1010. The molecule has 4 rings (SSSR count). The minimum atomic E-state index is -1.01. The van der Waals surface area contributed by atoms with Gasteiger partial charge in [0.2, 0.25) is 5.95 Å². The van der Waals surface area contributed by atoms with Gasteiger partial charge in [0.1, 0.15) is 12.0 Å². The number of halogens is 2. The van der Waals surface area contributed by atoms with Crippen LogP contribution in [-0.4, -0.2) is 44.8 Å². The molecule has 27 heavy (non-hydrogen) atoms. The molecule has 1 fully saturated rings. The van der Waals surface area contributed by atoms with Gasteiger partial charge < -0.3 is 15.2 Å². The Morgan fingerprint density at radius 1 is 1.33 bits per heavy atom. The highest BCUT2D eigenvalue weighted by Crippen LogP contribution is 2.29. The number of anilines is 1. The molecule has 2 N–H and O–H groups in total. The Morgan fingerprint density at radius 3 is 2.81 bits per heavy atom. The van der Waals surface area contributed by atoms with Crippen LogP contribution in [0.2, 0.25) is 5.02 Å². The van der Waals surface area contributed by atoms with Crippen molar-refractivity contribution in [2.24, 2.45) is 5.73 Å². The van der Waals surface area contributed by atoms with Gasteiger partial charge in [0, 0.05) is 25.5 Å². The van der Waals surface area contributed by atoms with Crippen molar-refractivity contribution in [3.05, 3.63) is 52.9 Å². The lowest BCUT2D eigenvalue weighted by atomic mass is 10.1. The van der Waals surface area contributed by atoms with E-state index in [2.05, 4.69) is 14.8 Å². The van der Waals surface area contributed by atoms with Gasteiger partial charge >= 0.3 is 0 Å². The van der Waals surface area contributed by atoms with Crippen molar-refractivity contribution in [1.29, 1.82) is 0 Å². The largest absolute Gasteiger partial charge is 0.340 e. The highest BCUT2D eigenvalue weighted by atomic mass is 35.5. The molecule has 138 valence electrons. The van der Waals surface area contributed by atoms with Gasteiger partial charge in [-0.15, -0.1) is 0 Å². The van der Waals surface area contributed by atoms with Crippen molar-refractivity contribution in [2.75, 3.05) is 18.0 Å². The molecule has 0 aliphatic carbocycles. The molecule has 3 aromatic rings. The first kappa shape index (κ1) is 17.6. The minimum Gasteiger partial charge on any atom is -0.340 e. The van der Waals surface area contributed by atoms with Crippen LogP contribution in [0.5, 0.6) is 0 Å². The Hall–Kier alpha value is -2.76. The van der Waals surface area contributed by atoms with Gasteiger partial charge in [0.25, 0.3) is 0 Å². The number of piperidine rings is 1. The summed E-state index contributed by atoms with van der Waals surface area (Å²) in [5.41, 5.74) is 8.00. The summed E-state index contributed by atoms with van der Waals surface area (Å²) < 4.78 is 15.8. The summed E-state index contributed by atoms with van der Waals surface area (Å²) in [5, 5.41) is 0.459. The first-order valence-electron chi connectivity index (χ1n) is 8.54. The topological polar surface area (TPSA) is 77.2 Å². The van der Waals surface area contributed by atoms with Crippen molar-refractivity contribution in [2.45, 2.75) is 25.2 Å². The first-order valence-corrected chi connectivity index (χ1v) is 8.91. The standard InChI is InChI=1S/C18H17ClFN7/c1-22-12-2-3-15-16(6-12)27(10-17-23-7-11(19)8-24-17)18(25-15)26-5-4-13(20)14(21)9-26/h2-3,6-8,13-14H,4-5,9-10,21H2/t13-,14-/m1/s1. The number of rotatable bonds is 3. The molecule has 1 aliphatic heterocycles. The monoisotopic (exact) mass is 385 g/mol. The second kappa shape index (κ2) is 7.10. The van der Waals surface area contributed by atoms with Gasteiger partial charge in [0.15, 0.2) is 5.69 Å². The molecule has 0 spiro atoms. The third kappa shape index (κ3) is 3.44. The quantitative estimate of drug-likeness (QED) is 0.701. The van der Waals surface area contributed by atoms with Crippen LogP contribution in [0.25, 0.3) is 15.9 Å². The highest BCUT2D eigenvalue weighted by Gasteiger charge is 2.29. The van der Waals surface area contributed by atoms with E-state index in [4.69, 9.17) is 28.9 Å². The number of hydrogen-bond donors (Lipinski definition) is 1. The van der Waals surface area contributed by atoms with Crippen LogP contribution in [0.15, 0.2) is 30.6 Å². The van der Waals surface area contributed by atoms with Gasteiger partial charge in [-0.3, -0.25) is 0 Å². The smallest absolute Gasteiger partial charge is 0.206 e. The molecule has 0 amide bonds. The van der Waals surface area contributed by atoms with Gasteiger partial charge in [0.05, 0.1) is 35.2 Å². The van der Waals surface area contributed by atoms with Gasteiger partial charge in [-0.25, -0.2) is 24.2 Å². The molecule has 9 heteroatoms. The average Bonchev–Trinajstić information content (AvgIpc) is 3.03. The van der Waals surface area contributed by atoms with Crippen LogP contribution in [0.4, 0.5) is 16.0 Å². The van der Waals surface area contributed by atoms with Crippen LogP contribution in [0.1, 0.15) is 12.2 Å². The van der Waals surface area contributed by atoms with Crippen molar-refractivity contribution >= 4 is 34.3 Å². The fourth-order valence-electron chi connectivity index (χ4n) is 3.26. The number of benzene rings is 1. The van der Waals surface area contributed by atoms with Crippen LogP contribution in [-0.2, 0) is 6.54 Å². The zero-order valence-corrected chi connectivity index (χ0v) is 15.1. The lowest BCUT2D eigenvalue weighted by Gasteiger charge is -2.34. The number of nitrogens with zero attached hydrogens (tertiary/aromatic N) is 6. The maximum Gasteiger partial charge on any atom is 0.206 e. The van der Waals surface area contributed by atoms with Crippen LogP contribution >= 0.6 is 11.6 Å². The second-order valence-electron chi connectivity index (χ2n) is 6.51. The molecule has 2 aromatic heterocycles. The van der Waals surface area contributed by atoms with Crippen molar-refractivity contribution in [3.8, 4) is 0 Å². The summed E-state index contributed by atoms with van der Waals surface area (Å²) in [5.74, 6) is 1.24. The summed E-state index contributed by atoms with van der Waals surface area (Å²) >= 11 is 5.88. The predicted molar refractivity (Wildman–Crippen MR) is 102 cm³/mol. The minimum absolute atomic E-state index is 0.356. The molecule has 2 atom stereocenters. The number of imidazole rings is 1. The van der Waals surface area contributed by atoms with E-state index in [1.165, 1.54) is 12.4 Å². The van der Waals surface area contributed by atoms with E-state index in [-0.39, 0.29) is 0 Å². The fourth-order valence-corrected chi connectivity index (χ4v) is 3.36. The molecular weight excluding hydrogens is 369 g/mol. The number of fused-ring (bicyclic) bond motifs is 1. The van der Waals surface area contributed by atoms with Crippen LogP contribution in [0.3, 0.4) is 0 Å². The highest BCUT2D eigenvalue weighted by molar-refractivity contribution is 6.30. The number of nitrogens with two attached hydrogens (primary N) is 1. The molecule has 0 radical (unpaired) electrons. The van der Waals surface area contributed by atoms with Gasteiger partial charge in [-0.1, -0.05) is 17.7 Å². The van der Waals surface area contributed by atoms with Crippen molar-refractivity contribution in [1.82, 2.24) is 19.5 Å². The number of aromatic nitrogens is 4. The molecule has 1 aromatic carbocycles. The van der Waals surface area contributed by atoms with Gasteiger partial charge in [-0.05, 0) is 18.6 Å². The second-order valence-corrected chi connectivity index (χ2v) is 6.95. The van der Waals surface area contributed by atoms with E-state index >= 15 is 0 Å². The lowest BCUT2D eigenvalue weighted by Crippen LogP contribution is -2.50. The summed E-state index contributed by atoms with van der Waals surface area (Å²) in [4.78, 5) is 18.7. The SMILES string of the molecule is [C-]#[N+]c1ccc2nc(N3CC[C@@H](F)[C@H](N)C3)n(Cc3ncc(Cl)cn3)c2c1. The molecule has 1 aliphatic rings. The molecule has 0 bridgehead atoms. The summed E-state index contributed by atoms with van der Waals surface area (Å²) in [6.45, 7) is 8.53. The van der Waals surface area contributed by atoms with E-state index in [0.29, 0.717) is 48.5 Å². The van der Waals surface area contributed by atoms with Crippen LogP contribution in [0, 0.1) is 6.57 Å².